The number of benzene rings is 1. The first-order chi connectivity index (χ1) is 13.8. The Morgan fingerprint density at radius 1 is 1.34 bits per heavy atom. The highest BCUT2D eigenvalue weighted by atomic mass is 32.1. The van der Waals surface area contributed by atoms with Gasteiger partial charge < -0.3 is 10.4 Å². The number of hydrogen-bond acceptors (Lipinski definition) is 6. The van der Waals surface area contributed by atoms with Crippen LogP contribution in [0.5, 0.6) is 5.75 Å². The smallest absolute Gasteiger partial charge is 0.263 e. The van der Waals surface area contributed by atoms with Gasteiger partial charge in [-0.3, -0.25) is 4.90 Å². The molecule has 2 atom stereocenters. The summed E-state index contributed by atoms with van der Waals surface area (Å²) in [5, 5.41) is 18.6. The van der Waals surface area contributed by atoms with E-state index in [2.05, 4.69) is 20.3 Å². The Labute approximate surface area is 170 Å². The SMILES string of the molecule is CCN1C[C@H](F)C[C@@H](Nc2nc3nn(-c4c(C)cc(C(F)F)cc4O)cc3s2)C1. The largest absolute Gasteiger partial charge is 0.506 e. The Kier molecular flexibility index (Phi) is 5.39. The standard InChI is InChI=1S/C19H22F3N5OS/c1-3-26-7-12(20)6-13(8-26)23-19-24-18-15(29-19)9-27(25-18)16-10(2)4-11(17(21)22)5-14(16)28/h4-5,9,12-13,17,28H,3,6-8H2,1-2H3,(H,23,24,25)/t12-,13-/m1/s1. The van der Waals surface area contributed by atoms with Gasteiger partial charge in [0.2, 0.25) is 0 Å². The molecule has 156 valence electrons. The molecule has 1 aromatic carbocycles. The van der Waals surface area contributed by atoms with Gasteiger partial charge in [-0.2, -0.15) is 4.98 Å². The molecule has 3 heterocycles. The number of halogens is 3. The zero-order valence-corrected chi connectivity index (χ0v) is 16.9. The van der Waals surface area contributed by atoms with Crippen LogP contribution in [-0.4, -0.2) is 56.6 Å². The van der Waals surface area contributed by atoms with E-state index in [1.807, 2.05) is 6.92 Å². The van der Waals surface area contributed by atoms with Crippen molar-refractivity contribution in [2.24, 2.45) is 0 Å². The van der Waals surface area contributed by atoms with E-state index in [1.165, 1.54) is 22.1 Å². The number of thiazole rings is 1. The summed E-state index contributed by atoms with van der Waals surface area (Å²) in [5.74, 6) is -0.260. The van der Waals surface area contributed by atoms with Gasteiger partial charge in [0.15, 0.2) is 10.8 Å². The second kappa shape index (κ2) is 7.83. The van der Waals surface area contributed by atoms with Crippen molar-refractivity contribution in [1.82, 2.24) is 19.7 Å². The van der Waals surface area contributed by atoms with Crippen LogP contribution in [0.3, 0.4) is 0 Å². The Morgan fingerprint density at radius 3 is 2.79 bits per heavy atom. The lowest BCUT2D eigenvalue weighted by Gasteiger charge is -2.34. The van der Waals surface area contributed by atoms with E-state index in [0.29, 0.717) is 35.0 Å². The van der Waals surface area contributed by atoms with Crippen LogP contribution in [0, 0.1) is 6.92 Å². The van der Waals surface area contributed by atoms with Crippen LogP contribution in [0.25, 0.3) is 16.0 Å². The lowest BCUT2D eigenvalue weighted by Crippen LogP contribution is -2.47. The van der Waals surface area contributed by atoms with E-state index in [4.69, 9.17) is 0 Å². The first-order valence-corrected chi connectivity index (χ1v) is 10.3. The number of fused-ring (bicyclic) bond motifs is 1. The van der Waals surface area contributed by atoms with Crippen molar-refractivity contribution in [3.63, 3.8) is 0 Å². The minimum absolute atomic E-state index is 0.0192. The first-order valence-electron chi connectivity index (χ1n) is 9.45. The summed E-state index contributed by atoms with van der Waals surface area (Å²) in [4.78, 5) is 6.54. The van der Waals surface area contributed by atoms with Gasteiger partial charge in [-0.15, -0.1) is 5.10 Å². The number of nitrogens with zero attached hydrogens (tertiary/aromatic N) is 4. The summed E-state index contributed by atoms with van der Waals surface area (Å²) in [6.45, 7) is 5.69. The molecule has 1 aliphatic rings. The molecular formula is C19H22F3N5OS. The van der Waals surface area contributed by atoms with Gasteiger partial charge in [0.1, 0.15) is 17.6 Å². The highest BCUT2D eigenvalue weighted by molar-refractivity contribution is 7.22. The molecule has 0 spiro atoms. The van der Waals surface area contributed by atoms with Crippen LogP contribution in [0.15, 0.2) is 18.3 Å². The van der Waals surface area contributed by atoms with Crippen LogP contribution < -0.4 is 5.32 Å². The first kappa shape index (κ1) is 20.0. The lowest BCUT2D eigenvalue weighted by atomic mass is 10.0. The molecule has 1 aliphatic heterocycles. The number of likely N-dealkylation sites (tertiary alicyclic amines) is 1. The lowest BCUT2D eigenvalue weighted by molar-refractivity contribution is 0.134. The van der Waals surface area contributed by atoms with E-state index in [1.54, 1.807) is 13.1 Å². The van der Waals surface area contributed by atoms with Crippen LogP contribution in [-0.2, 0) is 0 Å². The highest BCUT2D eigenvalue weighted by Gasteiger charge is 2.27. The van der Waals surface area contributed by atoms with E-state index < -0.39 is 12.6 Å². The summed E-state index contributed by atoms with van der Waals surface area (Å²) in [5.41, 5.74) is 1.08. The van der Waals surface area contributed by atoms with Crippen molar-refractivity contribution < 1.29 is 18.3 Å². The minimum Gasteiger partial charge on any atom is -0.506 e. The van der Waals surface area contributed by atoms with Crippen LogP contribution in [0.4, 0.5) is 18.3 Å². The molecule has 29 heavy (non-hydrogen) atoms. The number of rotatable bonds is 5. The molecule has 2 aromatic heterocycles. The van der Waals surface area contributed by atoms with Gasteiger partial charge in [-0.1, -0.05) is 18.3 Å². The van der Waals surface area contributed by atoms with Gasteiger partial charge in [0.05, 0.1) is 10.9 Å². The molecule has 3 aromatic rings. The Balaban J connectivity index is 1.56. The fourth-order valence-electron chi connectivity index (χ4n) is 3.77. The van der Waals surface area contributed by atoms with Crippen molar-refractivity contribution in [1.29, 1.82) is 0 Å². The zero-order valence-electron chi connectivity index (χ0n) is 16.1. The van der Waals surface area contributed by atoms with E-state index in [-0.39, 0.29) is 17.4 Å². The molecule has 6 nitrogen and oxygen atoms in total. The number of alkyl halides is 3. The maximum absolute atomic E-state index is 13.9. The van der Waals surface area contributed by atoms with Gasteiger partial charge in [0.25, 0.3) is 6.43 Å². The summed E-state index contributed by atoms with van der Waals surface area (Å²) < 4.78 is 42.0. The third-order valence-electron chi connectivity index (χ3n) is 5.11. The number of hydrogen-bond donors (Lipinski definition) is 2. The maximum Gasteiger partial charge on any atom is 0.263 e. The second-order valence-electron chi connectivity index (χ2n) is 7.31. The van der Waals surface area contributed by atoms with Crippen molar-refractivity contribution in [2.45, 2.75) is 38.9 Å². The number of likely N-dealkylation sites (N-methyl/N-ethyl adjacent to an activating group) is 1. The number of aromatic nitrogens is 3. The Hall–Kier alpha value is -2.33. The quantitative estimate of drug-likeness (QED) is 0.639. The average Bonchev–Trinajstić information content (AvgIpc) is 3.18. The van der Waals surface area contributed by atoms with E-state index in [9.17, 15) is 18.3 Å². The summed E-state index contributed by atoms with van der Waals surface area (Å²) >= 11 is 1.39. The topological polar surface area (TPSA) is 66.2 Å². The maximum atomic E-state index is 13.9. The van der Waals surface area contributed by atoms with Gasteiger partial charge in [0, 0.05) is 31.1 Å². The van der Waals surface area contributed by atoms with Crippen molar-refractivity contribution in [3.8, 4) is 11.4 Å². The number of aryl methyl sites for hydroxylation is 1. The average molecular weight is 425 g/mol. The highest BCUT2D eigenvalue weighted by Crippen LogP contribution is 2.34. The summed E-state index contributed by atoms with van der Waals surface area (Å²) in [7, 11) is 0. The molecule has 0 unspecified atom stereocenters. The van der Waals surface area contributed by atoms with Crippen LogP contribution in [0.1, 0.15) is 30.9 Å². The molecule has 0 radical (unpaired) electrons. The van der Waals surface area contributed by atoms with Crippen LogP contribution >= 0.6 is 11.3 Å². The summed E-state index contributed by atoms with van der Waals surface area (Å²) in [6.07, 6.45) is -1.36. The van der Waals surface area contributed by atoms with E-state index >= 15 is 0 Å². The predicted molar refractivity (Wildman–Crippen MR) is 107 cm³/mol. The van der Waals surface area contributed by atoms with Crippen molar-refractivity contribution >= 4 is 26.8 Å². The molecule has 0 amide bonds. The number of phenolic OH excluding ortho intramolecular Hbond substituents is 1. The number of aromatic hydroxyl groups is 1. The number of piperidine rings is 1. The molecule has 0 aliphatic carbocycles. The zero-order chi connectivity index (χ0) is 20.7. The minimum atomic E-state index is -2.66. The molecule has 1 saturated heterocycles. The van der Waals surface area contributed by atoms with Gasteiger partial charge >= 0.3 is 0 Å². The predicted octanol–water partition coefficient (Wildman–Crippen LogP) is 4.28. The number of phenols is 1. The summed E-state index contributed by atoms with van der Waals surface area (Å²) in [6, 6.07) is 2.37. The van der Waals surface area contributed by atoms with Crippen molar-refractivity contribution in [2.75, 3.05) is 25.0 Å². The van der Waals surface area contributed by atoms with Crippen LogP contribution in [0.2, 0.25) is 0 Å². The second-order valence-corrected chi connectivity index (χ2v) is 8.34. The Morgan fingerprint density at radius 2 is 2.14 bits per heavy atom. The van der Waals surface area contributed by atoms with Gasteiger partial charge in [-0.25, -0.2) is 17.9 Å². The molecule has 1 fully saturated rings. The molecule has 0 saturated carbocycles. The number of nitrogens with one attached hydrogen (secondary N) is 1. The van der Waals surface area contributed by atoms with Crippen molar-refractivity contribution in [3.05, 3.63) is 29.5 Å². The number of anilines is 1. The molecule has 2 N–H and O–H groups in total. The fraction of sp³-hybridized carbons (Fsp3) is 0.474. The Bertz CT molecular complexity index is 966. The molecule has 4 rings (SSSR count). The molecular weight excluding hydrogens is 403 g/mol. The van der Waals surface area contributed by atoms with E-state index in [0.717, 1.165) is 23.9 Å². The third-order valence-corrected chi connectivity index (χ3v) is 6.02. The molecule has 10 heteroatoms. The normalized spacial score (nSPS) is 20.6. The monoisotopic (exact) mass is 425 g/mol. The third kappa shape index (κ3) is 4.04. The molecule has 0 bridgehead atoms. The van der Waals surface area contributed by atoms with Gasteiger partial charge in [-0.05, 0) is 31.2 Å². The fourth-order valence-corrected chi connectivity index (χ4v) is 4.67.